The third-order valence-corrected chi connectivity index (χ3v) is 3.63. The number of ether oxygens (including phenoxy) is 1. The Morgan fingerprint density at radius 3 is 2.24 bits per heavy atom. The Morgan fingerprint density at radius 2 is 1.81 bits per heavy atom. The molecular formula is C15H20ClNO4. The molecule has 0 saturated heterocycles. The number of aliphatic carboxylic acids is 1. The Morgan fingerprint density at radius 1 is 1.29 bits per heavy atom. The number of carboxylic acids is 1. The fraction of sp³-hybridized carbons (Fsp3) is 0.467. The molecule has 0 spiro atoms. The number of hydrogen-bond donors (Lipinski definition) is 2. The van der Waals surface area contributed by atoms with Gasteiger partial charge in [0.2, 0.25) is 0 Å². The van der Waals surface area contributed by atoms with Crippen molar-refractivity contribution in [1.82, 2.24) is 5.32 Å². The number of rotatable bonds is 6. The highest BCUT2D eigenvalue weighted by atomic mass is 35.5. The van der Waals surface area contributed by atoms with Gasteiger partial charge in [0, 0.05) is 5.02 Å². The maximum absolute atomic E-state index is 11.7. The molecule has 1 rings (SSSR count). The van der Waals surface area contributed by atoms with Gasteiger partial charge in [-0.05, 0) is 43.0 Å². The predicted octanol–water partition coefficient (Wildman–Crippen LogP) is 2.56. The lowest BCUT2D eigenvalue weighted by molar-refractivity contribution is -0.143. The zero-order valence-corrected chi connectivity index (χ0v) is 13.3. The van der Waals surface area contributed by atoms with Gasteiger partial charge in [-0.3, -0.25) is 4.79 Å². The minimum atomic E-state index is -1.06. The summed E-state index contributed by atoms with van der Waals surface area (Å²) in [4.78, 5) is 22.8. The average molecular weight is 314 g/mol. The summed E-state index contributed by atoms with van der Waals surface area (Å²) in [5.74, 6) is -1.20. The normalized spacial score (nSPS) is 12.1. The molecule has 1 amide bonds. The number of carboxylic acid groups (broad SMARTS) is 1. The van der Waals surface area contributed by atoms with Crippen molar-refractivity contribution in [1.29, 1.82) is 0 Å². The van der Waals surface area contributed by atoms with Crippen LogP contribution >= 0.6 is 11.6 Å². The summed E-state index contributed by atoms with van der Waals surface area (Å²) in [6.45, 7) is 6.91. The predicted molar refractivity (Wildman–Crippen MR) is 80.8 cm³/mol. The monoisotopic (exact) mass is 313 g/mol. The molecule has 1 atom stereocenters. The minimum Gasteiger partial charge on any atom is -0.484 e. The van der Waals surface area contributed by atoms with E-state index in [4.69, 9.17) is 21.4 Å². The molecule has 0 bridgehead atoms. The largest absolute Gasteiger partial charge is 0.484 e. The molecule has 0 aromatic heterocycles. The molecule has 0 aliphatic rings. The Hall–Kier alpha value is -1.75. The van der Waals surface area contributed by atoms with Crippen LogP contribution in [0.5, 0.6) is 5.75 Å². The highest BCUT2D eigenvalue weighted by Crippen LogP contribution is 2.25. The Kier molecular flexibility index (Phi) is 6.03. The smallest absolute Gasteiger partial charge is 0.326 e. The van der Waals surface area contributed by atoms with Crippen molar-refractivity contribution in [2.24, 2.45) is 5.92 Å². The molecule has 1 aromatic carbocycles. The minimum absolute atomic E-state index is 0.202. The van der Waals surface area contributed by atoms with Crippen LogP contribution in [0.25, 0.3) is 0 Å². The molecule has 5 nitrogen and oxygen atoms in total. The molecule has 1 aromatic rings. The Labute approximate surface area is 129 Å². The number of nitrogens with one attached hydrogen (secondary N) is 1. The van der Waals surface area contributed by atoms with Crippen LogP contribution < -0.4 is 10.1 Å². The van der Waals surface area contributed by atoms with E-state index in [0.29, 0.717) is 10.8 Å². The first kappa shape index (κ1) is 17.3. The van der Waals surface area contributed by atoms with Gasteiger partial charge in [0.25, 0.3) is 5.91 Å². The van der Waals surface area contributed by atoms with Crippen molar-refractivity contribution in [2.75, 3.05) is 6.61 Å². The summed E-state index contributed by atoms with van der Waals surface area (Å²) in [5.41, 5.74) is 1.72. The van der Waals surface area contributed by atoms with E-state index in [9.17, 15) is 9.59 Å². The van der Waals surface area contributed by atoms with Crippen LogP contribution in [0, 0.1) is 19.8 Å². The van der Waals surface area contributed by atoms with E-state index in [1.807, 2.05) is 13.8 Å². The van der Waals surface area contributed by atoms with Crippen molar-refractivity contribution < 1.29 is 19.4 Å². The molecule has 116 valence electrons. The van der Waals surface area contributed by atoms with E-state index in [2.05, 4.69) is 5.32 Å². The van der Waals surface area contributed by atoms with Gasteiger partial charge >= 0.3 is 5.97 Å². The summed E-state index contributed by atoms with van der Waals surface area (Å²) >= 11 is 6.05. The first-order valence-electron chi connectivity index (χ1n) is 6.64. The third kappa shape index (κ3) is 4.93. The summed E-state index contributed by atoms with van der Waals surface area (Å²) in [6.07, 6.45) is 0. The maximum atomic E-state index is 11.7. The molecule has 2 N–H and O–H groups in total. The van der Waals surface area contributed by atoms with Crippen LogP contribution in [-0.4, -0.2) is 29.6 Å². The van der Waals surface area contributed by atoms with E-state index in [1.54, 1.807) is 26.0 Å². The highest BCUT2D eigenvalue weighted by Gasteiger charge is 2.23. The second-order valence-electron chi connectivity index (χ2n) is 5.29. The number of aryl methyl sites for hydroxylation is 2. The maximum Gasteiger partial charge on any atom is 0.326 e. The van der Waals surface area contributed by atoms with Crippen LogP contribution in [0.15, 0.2) is 12.1 Å². The van der Waals surface area contributed by atoms with E-state index < -0.39 is 17.9 Å². The van der Waals surface area contributed by atoms with Gasteiger partial charge in [0.05, 0.1) is 0 Å². The number of carbonyl (C=O) groups excluding carboxylic acids is 1. The van der Waals surface area contributed by atoms with Crippen LogP contribution in [0.2, 0.25) is 5.02 Å². The number of amides is 1. The molecule has 0 heterocycles. The van der Waals surface area contributed by atoms with Gasteiger partial charge < -0.3 is 15.2 Å². The molecule has 0 unspecified atom stereocenters. The standard InChI is InChI=1S/C15H20ClNO4/c1-8(2)14(15(19)20)17-12(18)7-21-11-5-9(3)13(16)10(4)6-11/h5-6,8,14H,7H2,1-4H3,(H,17,18)(H,19,20)/t14-/m1/s1. The Balaban J connectivity index is 2.63. The quantitative estimate of drug-likeness (QED) is 0.846. The number of hydrogen-bond acceptors (Lipinski definition) is 3. The zero-order chi connectivity index (χ0) is 16.2. The Bertz CT molecular complexity index is 519. The van der Waals surface area contributed by atoms with Gasteiger partial charge in [-0.15, -0.1) is 0 Å². The number of carbonyl (C=O) groups is 2. The van der Waals surface area contributed by atoms with Gasteiger partial charge in [-0.2, -0.15) is 0 Å². The van der Waals surface area contributed by atoms with Crippen molar-refractivity contribution >= 4 is 23.5 Å². The molecule has 21 heavy (non-hydrogen) atoms. The van der Waals surface area contributed by atoms with Gasteiger partial charge in [-0.25, -0.2) is 4.79 Å². The molecule has 0 fully saturated rings. The van der Waals surface area contributed by atoms with E-state index >= 15 is 0 Å². The topological polar surface area (TPSA) is 75.6 Å². The summed E-state index contributed by atoms with van der Waals surface area (Å²) in [7, 11) is 0. The van der Waals surface area contributed by atoms with Crippen LogP contribution in [0.1, 0.15) is 25.0 Å². The van der Waals surface area contributed by atoms with Gasteiger partial charge in [0.15, 0.2) is 6.61 Å². The summed E-state index contributed by atoms with van der Waals surface area (Å²) in [6, 6.07) is 2.55. The van der Waals surface area contributed by atoms with Gasteiger partial charge in [0.1, 0.15) is 11.8 Å². The molecule has 0 saturated carbocycles. The van der Waals surface area contributed by atoms with Crippen LogP contribution in [0.3, 0.4) is 0 Å². The molecular weight excluding hydrogens is 294 g/mol. The number of halogens is 1. The lowest BCUT2D eigenvalue weighted by Gasteiger charge is -2.18. The van der Waals surface area contributed by atoms with Crippen molar-refractivity contribution in [3.63, 3.8) is 0 Å². The molecule has 0 aliphatic carbocycles. The third-order valence-electron chi connectivity index (χ3n) is 3.03. The molecule has 0 radical (unpaired) electrons. The zero-order valence-electron chi connectivity index (χ0n) is 12.6. The molecule has 6 heteroatoms. The van der Waals surface area contributed by atoms with Crippen molar-refractivity contribution in [3.8, 4) is 5.75 Å². The van der Waals surface area contributed by atoms with Crippen LogP contribution in [-0.2, 0) is 9.59 Å². The van der Waals surface area contributed by atoms with Crippen LogP contribution in [0.4, 0.5) is 0 Å². The fourth-order valence-corrected chi connectivity index (χ4v) is 1.98. The van der Waals surface area contributed by atoms with E-state index in [0.717, 1.165) is 11.1 Å². The SMILES string of the molecule is Cc1cc(OCC(=O)N[C@@H](C(=O)O)C(C)C)cc(C)c1Cl. The summed E-state index contributed by atoms with van der Waals surface area (Å²) in [5, 5.41) is 12.1. The first-order chi connectivity index (χ1) is 9.72. The van der Waals surface area contributed by atoms with Crippen molar-refractivity contribution in [2.45, 2.75) is 33.7 Å². The summed E-state index contributed by atoms with van der Waals surface area (Å²) < 4.78 is 5.38. The second kappa shape index (κ2) is 7.31. The fourth-order valence-electron chi connectivity index (χ4n) is 1.87. The van der Waals surface area contributed by atoms with Crippen molar-refractivity contribution in [3.05, 3.63) is 28.3 Å². The second-order valence-corrected chi connectivity index (χ2v) is 5.67. The highest BCUT2D eigenvalue weighted by molar-refractivity contribution is 6.32. The lowest BCUT2D eigenvalue weighted by atomic mass is 10.1. The average Bonchev–Trinajstić information content (AvgIpc) is 2.38. The van der Waals surface area contributed by atoms with E-state index in [1.165, 1.54) is 0 Å². The number of benzene rings is 1. The van der Waals surface area contributed by atoms with E-state index in [-0.39, 0.29) is 12.5 Å². The first-order valence-corrected chi connectivity index (χ1v) is 7.02. The molecule has 0 aliphatic heterocycles. The van der Waals surface area contributed by atoms with Gasteiger partial charge in [-0.1, -0.05) is 25.4 Å². The lowest BCUT2D eigenvalue weighted by Crippen LogP contribution is -2.46.